The van der Waals surface area contributed by atoms with Crippen LogP contribution in [0.2, 0.25) is 0 Å². The molecular formula is C12H18BrNO. The van der Waals surface area contributed by atoms with Crippen LogP contribution < -0.4 is 10.5 Å². The Morgan fingerprint density at radius 2 is 2.00 bits per heavy atom. The van der Waals surface area contributed by atoms with Crippen LogP contribution >= 0.6 is 15.9 Å². The lowest BCUT2D eigenvalue weighted by Crippen LogP contribution is -2.11. The van der Waals surface area contributed by atoms with Crippen molar-refractivity contribution in [1.82, 2.24) is 0 Å². The first-order valence-electron chi connectivity index (χ1n) is 5.35. The summed E-state index contributed by atoms with van der Waals surface area (Å²) in [5.74, 6) is 1.38. The predicted molar refractivity (Wildman–Crippen MR) is 68.1 cm³/mol. The van der Waals surface area contributed by atoms with E-state index in [1.54, 1.807) is 0 Å². The second kappa shape index (κ2) is 6.01. The summed E-state index contributed by atoms with van der Waals surface area (Å²) in [6.07, 6.45) is 2.28. The second-order valence-electron chi connectivity index (χ2n) is 3.65. The van der Waals surface area contributed by atoms with Crippen LogP contribution in [-0.2, 0) is 0 Å². The molecule has 0 saturated carbocycles. The molecule has 0 atom stereocenters. The number of nitrogens with two attached hydrogens (primary N) is 1. The first-order chi connectivity index (χ1) is 7.19. The maximum atomic E-state index is 5.84. The molecule has 0 bridgehead atoms. The highest BCUT2D eigenvalue weighted by Crippen LogP contribution is 2.31. The van der Waals surface area contributed by atoms with Crippen molar-refractivity contribution < 1.29 is 4.74 Å². The number of halogens is 1. The van der Waals surface area contributed by atoms with Gasteiger partial charge in [-0.3, -0.25) is 0 Å². The van der Waals surface area contributed by atoms with E-state index in [0.717, 1.165) is 29.7 Å². The number of hydrogen-bond acceptors (Lipinski definition) is 2. The third-order valence-corrected chi connectivity index (χ3v) is 3.24. The van der Waals surface area contributed by atoms with E-state index in [4.69, 9.17) is 10.5 Å². The van der Waals surface area contributed by atoms with Crippen LogP contribution in [0.3, 0.4) is 0 Å². The molecule has 84 valence electrons. The summed E-state index contributed by atoms with van der Waals surface area (Å²) < 4.78 is 6.66. The molecule has 1 aromatic carbocycles. The average Bonchev–Trinajstić information content (AvgIpc) is 2.23. The van der Waals surface area contributed by atoms with Gasteiger partial charge in [0.2, 0.25) is 0 Å². The minimum Gasteiger partial charge on any atom is -0.490 e. The summed E-state index contributed by atoms with van der Waals surface area (Å²) in [6.45, 7) is 5.10. The smallest absolute Gasteiger partial charge is 0.156 e. The van der Waals surface area contributed by atoms with Gasteiger partial charge in [-0.2, -0.15) is 0 Å². The van der Waals surface area contributed by atoms with Gasteiger partial charge < -0.3 is 10.5 Å². The van der Waals surface area contributed by atoms with Gasteiger partial charge in [0.1, 0.15) is 0 Å². The van der Waals surface area contributed by atoms with Crippen LogP contribution in [0.15, 0.2) is 22.7 Å². The molecule has 0 spiro atoms. The fraction of sp³-hybridized carbons (Fsp3) is 0.500. The van der Waals surface area contributed by atoms with E-state index in [1.807, 2.05) is 18.2 Å². The Labute approximate surface area is 99.9 Å². The second-order valence-corrected chi connectivity index (χ2v) is 4.51. The molecule has 2 N–H and O–H groups in total. The van der Waals surface area contributed by atoms with Crippen molar-refractivity contribution in [3.05, 3.63) is 22.7 Å². The summed E-state index contributed by atoms with van der Waals surface area (Å²) in [5, 5.41) is 0. The van der Waals surface area contributed by atoms with Crippen LogP contribution in [0.1, 0.15) is 26.7 Å². The number of benzene rings is 1. The zero-order chi connectivity index (χ0) is 11.3. The highest BCUT2D eigenvalue weighted by molar-refractivity contribution is 9.10. The zero-order valence-corrected chi connectivity index (χ0v) is 10.9. The van der Waals surface area contributed by atoms with Gasteiger partial charge in [-0.05, 0) is 34.0 Å². The Balaban J connectivity index is 2.64. The Morgan fingerprint density at radius 3 is 2.53 bits per heavy atom. The van der Waals surface area contributed by atoms with Crippen molar-refractivity contribution in [1.29, 1.82) is 0 Å². The Kier molecular flexibility index (Phi) is 4.95. The summed E-state index contributed by atoms with van der Waals surface area (Å²) in [7, 11) is 0. The van der Waals surface area contributed by atoms with E-state index >= 15 is 0 Å². The Morgan fingerprint density at radius 1 is 1.33 bits per heavy atom. The lowest BCUT2D eigenvalue weighted by molar-refractivity contribution is 0.240. The topological polar surface area (TPSA) is 35.2 Å². The van der Waals surface area contributed by atoms with Gasteiger partial charge in [0.25, 0.3) is 0 Å². The lowest BCUT2D eigenvalue weighted by Gasteiger charge is -2.15. The molecule has 0 unspecified atom stereocenters. The number of anilines is 1. The maximum Gasteiger partial charge on any atom is 0.156 e. The molecule has 0 aromatic heterocycles. The van der Waals surface area contributed by atoms with Crippen molar-refractivity contribution in [2.24, 2.45) is 5.92 Å². The largest absolute Gasteiger partial charge is 0.490 e. The van der Waals surface area contributed by atoms with Crippen molar-refractivity contribution >= 4 is 21.6 Å². The molecule has 0 heterocycles. The van der Waals surface area contributed by atoms with Gasteiger partial charge in [0, 0.05) is 0 Å². The highest BCUT2D eigenvalue weighted by atomic mass is 79.9. The molecule has 1 aromatic rings. The van der Waals surface area contributed by atoms with Gasteiger partial charge in [-0.1, -0.05) is 32.8 Å². The predicted octanol–water partition coefficient (Wildman–Crippen LogP) is 3.85. The standard InChI is InChI=1S/C12H18BrNO/c1-3-9(4-2)8-15-12-10(13)6-5-7-11(12)14/h5-7,9H,3-4,8,14H2,1-2H3. The molecule has 1 rings (SSSR count). The van der Waals surface area contributed by atoms with Gasteiger partial charge in [-0.25, -0.2) is 0 Å². The molecule has 0 aliphatic heterocycles. The zero-order valence-electron chi connectivity index (χ0n) is 9.29. The third kappa shape index (κ3) is 3.42. The monoisotopic (exact) mass is 271 g/mol. The molecule has 0 fully saturated rings. The molecule has 15 heavy (non-hydrogen) atoms. The summed E-state index contributed by atoms with van der Waals surface area (Å²) in [4.78, 5) is 0. The van der Waals surface area contributed by atoms with Crippen LogP contribution in [0.5, 0.6) is 5.75 Å². The average molecular weight is 272 g/mol. The van der Waals surface area contributed by atoms with Crippen LogP contribution in [-0.4, -0.2) is 6.61 Å². The normalized spacial score (nSPS) is 10.7. The molecule has 0 amide bonds. The maximum absolute atomic E-state index is 5.84. The van der Waals surface area contributed by atoms with Crippen LogP contribution in [0.25, 0.3) is 0 Å². The number of hydrogen-bond donors (Lipinski definition) is 1. The Bertz CT molecular complexity index is 290. The minimum absolute atomic E-state index is 0.608. The van der Waals surface area contributed by atoms with Crippen LogP contribution in [0.4, 0.5) is 5.69 Å². The van der Waals surface area contributed by atoms with Crippen LogP contribution in [0, 0.1) is 5.92 Å². The van der Waals surface area contributed by atoms with Gasteiger partial charge in [-0.15, -0.1) is 0 Å². The number of rotatable bonds is 5. The number of para-hydroxylation sites is 1. The molecule has 0 saturated heterocycles. The molecule has 0 aliphatic carbocycles. The van der Waals surface area contributed by atoms with Gasteiger partial charge in [0.15, 0.2) is 5.75 Å². The summed E-state index contributed by atoms with van der Waals surface area (Å²) in [5.41, 5.74) is 6.53. The summed E-state index contributed by atoms with van der Waals surface area (Å²) >= 11 is 3.44. The SMILES string of the molecule is CCC(CC)COc1c(N)cccc1Br. The Hall–Kier alpha value is -0.700. The molecule has 0 radical (unpaired) electrons. The van der Waals surface area contributed by atoms with E-state index in [-0.39, 0.29) is 0 Å². The van der Waals surface area contributed by atoms with E-state index in [2.05, 4.69) is 29.8 Å². The quantitative estimate of drug-likeness (QED) is 0.826. The van der Waals surface area contributed by atoms with E-state index in [1.165, 1.54) is 0 Å². The third-order valence-electron chi connectivity index (χ3n) is 2.62. The van der Waals surface area contributed by atoms with E-state index in [0.29, 0.717) is 11.6 Å². The fourth-order valence-corrected chi connectivity index (χ4v) is 1.90. The van der Waals surface area contributed by atoms with Crippen molar-refractivity contribution in [2.75, 3.05) is 12.3 Å². The van der Waals surface area contributed by atoms with E-state index < -0.39 is 0 Å². The van der Waals surface area contributed by atoms with Gasteiger partial charge in [0.05, 0.1) is 16.8 Å². The highest BCUT2D eigenvalue weighted by Gasteiger charge is 2.08. The summed E-state index contributed by atoms with van der Waals surface area (Å²) in [6, 6.07) is 5.70. The van der Waals surface area contributed by atoms with Crippen molar-refractivity contribution in [2.45, 2.75) is 26.7 Å². The lowest BCUT2D eigenvalue weighted by atomic mass is 10.1. The molecule has 0 aliphatic rings. The first-order valence-corrected chi connectivity index (χ1v) is 6.15. The molecule has 3 heteroatoms. The first kappa shape index (κ1) is 12.4. The molecular weight excluding hydrogens is 254 g/mol. The molecule has 2 nitrogen and oxygen atoms in total. The fourth-order valence-electron chi connectivity index (χ4n) is 1.40. The van der Waals surface area contributed by atoms with Crippen molar-refractivity contribution in [3.63, 3.8) is 0 Å². The van der Waals surface area contributed by atoms with Gasteiger partial charge >= 0.3 is 0 Å². The van der Waals surface area contributed by atoms with E-state index in [9.17, 15) is 0 Å². The van der Waals surface area contributed by atoms with Crippen molar-refractivity contribution in [3.8, 4) is 5.75 Å². The number of ether oxygens (including phenoxy) is 1. The minimum atomic E-state index is 0.608. The number of nitrogen functional groups attached to an aromatic ring is 1.